The third-order valence-corrected chi connectivity index (χ3v) is 2.99. The summed E-state index contributed by atoms with van der Waals surface area (Å²) in [6.07, 6.45) is 8.33. The zero-order valence-corrected chi connectivity index (χ0v) is 11.4. The average Bonchev–Trinajstić information content (AvgIpc) is 2.18. The standard InChI is InChI=1S/2C7H16/c1-5-7(4)6(2)3;1-3-5-7-6-4-2/h6-7H,5H2,1-4H3;3-7H2,1-2H3. The molecule has 1 unspecified atom stereocenters. The van der Waals surface area contributed by atoms with E-state index in [9.17, 15) is 0 Å². The molecule has 0 rings (SSSR count). The Kier molecular flexibility index (Phi) is 15.3. The van der Waals surface area contributed by atoms with Gasteiger partial charge in [0.25, 0.3) is 0 Å². The van der Waals surface area contributed by atoms with E-state index in [0.717, 1.165) is 11.8 Å². The van der Waals surface area contributed by atoms with Crippen molar-refractivity contribution in [2.45, 2.75) is 80.1 Å². The van der Waals surface area contributed by atoms with Crippen molar-refractivity contribution in [2.75, 3.05) is 0 Å². The van der Waals surface area contributed by atoms with Crippen LogP contribution >= 0.6 is 0 Å². The van der Waals surface area contributed by atoms with E-state index in [-0.39, 0.29) is 0 Å². The van der Waals surface area contributed by atoms with Crippen molar-refractivity contribution >= 4 is 0 Å². The van der Waals surface area contributed by atoms with Crippen LogP contribution in [-0.4, -0.2) is 0 Å². The minimum atomic E-state index is 0.866. The van der Waals surface area contributed by atoms with Crippen molar-refractivity contribution in [1.29, 1.82) is 0 Å². The summed E-state index contributed by atoms with van der Waals surface area (Å²) in [4.78, 5) is 0. The second-order valence-corrected chi connectivity index (χ2v) is 4.69. The molecule has 0 aromatic carbocycles. The van der Waals surface area contributed by atoms with E-state index in [4.69, 9.17) is 0 Å². The fourth-order valence-electron chi connectivity index (χ4n) is 1.15. The van der Waals surface area contributed by atoms with Gasteiger partial charge in [0.1, 0.15) is 0 Å². The Morgan fingerprint density at radius 1 is 0.714 bits per heavy atom. The summed E-state index contributed by atoms with van der Waals surface area (Å²) in [5, 5.41) is 0. The first kappa shape index (κ1) is 16.4. The van der Waals surface area contributed by atoms with Crippen molar-refractivity contribution in [3.05, 3.63) is 0 Å². The van der Waals surface area contributed by atoms with E-state index in [1.165, 1.54) is 38.5 Å². The highest BCUT2D eigenvalue weighted by molar-refractivity contribution is 4.52. The average molecular weight is 200 g/mol. The Morgan fingerprint density at radius 2 is 1.14 bits per heavy atom. The van der Waals surface area contributed by atoms with Gasteiger partial charge in [-0.2, -0.15) is 0 Å². The Bertz CT molecular complexity index is 80.0. The lowest BCUT2D eigenvalue weighted by Gasteiger charge is -2.10. The summed E-state index contributed by atoms with van der Waals surface area (Å²) in [6.45, 7) is 13.6. The van der Waals surface area contributed by atoms with Gasteiger partial charge in [0.2, 0.25) is 0 Å². The molecule has 14 heavy (non-hydrogen) atoms. The van der Waals surface area contributed by atoms with Crippen LogP contribution < -0.4 is 0 Å². The molecule has 0 aliphatic rings. The van der Waals surface area contributed by atoms with E-state index in [1.807, 2.05) is 0 Å². The summed E-state index contributed by atoms with van der Waals surface area (Å²) >= 11 is 0. The van der Waals surface area contributed by atoms with Crippen LogP contribution in [-0.2, 0) is 0 Å². The molecule has 0 radical (unpaired) electrons. The molecule has 0 bridgehead atoms. The van der Waals surface area contributed by atoms with Crippen LogP contribution in [0, 0.1) is 11.8 Å². The van der Waals surface area contributed by atoms with E-state index >= 15 is 0 Å². The van der Waals surface area contributed by atoms with Crippen molar-refractivity contribution in [1.82, 2.24) is 0 Å². The normalized spacial score (nSPS) is 12.2. The highest BCUT2D eigenvalue weighted by Gasteiger charge is 2.01. The predicted octanol–water partition coefficient (Wildman–Crippen LogP) is 5.67. The SMILES string of the molecule is CCC(C)C(C)C.CCCCCCC. The summed E-state index contributed by atoms with van der Waals surface area (Å²) in [7, 11) is 0. The quantitative estimate of drug-likeness (QED) is 0.485. The molecule has 0 saturated carbocycles. The maximum Gasteiger partial charge on any atom is -0.0422 e. The predicted molar refractivity (Wildman–Crippen MR) is 68.7 cm³/mol. The fourth-order valence-corrected chi connectivity index (χ4v) is 1.15. The molecule has 88 valence electrons. The molecular formula is C14H32. The molecule has 0 fully saturated rings. The summed E-state index contributed by atoms with van der Waals surface area (Å²) in [5.74, 6) is 1.77. The molecule has 0 nitrogen and oxygen atoms in total. The monoisotopic (exact) mass is 200 g/mol. The molecule has 0 amide bonds. The molecule has 0 spiro atoms. The van der Waals surface area contributed by atoms with Crippen LogP contribution in [0.25, 0.3) is 0 Å². The van der Waals surface area contributed by atoms with E-state index in [2.05, 4.69) is 41.5 Å². The maximum atomic E-state index is 2.30. The highest BCUT2D eigenvalue weighted by Crippen LogP contribution is 2.11. The molecule has 1 atom stereocenters. The van der Waals surface area contributed by atoms with E-state index in [1.54, 1.807) is 0 Å². The molecule has 0 N–H and O–H groups in total. The first-order chi connectivity index (χ1) is 6.59. The molecule has 0 heterocycles. The van der Waals surface area contributed by atoms with Crippen LogP contribution in [0.4, 0.5) is 0 Å². The molecule has 0 aliphatic heterocycles. The van der Waals surface area contributed by atoms with Crippen molar-refractivity contribution in [3.8, 4) is 0 Å². The van der Waals surface area contributed by atoms with Gasteiger partial charge < -0.3 is 0 Å². The highest BCUT2D eigenvalue weighted by atomic mass is 14.1. The van der Waals surface area contributed by atoms with Gasteiger partial charge in [-0.1, -0.05) is 80.1 Å². The number of unbranched alkanes of at least 4 members (excludes halogenated alkanes) is 4. The van der Waals surface area contributed by atoms with Crippen LogP contribution in [0.5, 0.6) is 0 Å². The smallest absolute Gasteiger partial charge is 0.0422 e. The van der Waals surface area contributed by atoms with Gasteiger partial charge in [0.05, 0.1) is 0 Å². The lowest BCUT2D eigenvalue weighted by atomic mass is 9.96. The van der Waals surface area contributed by atoms with Gasteiger partial charge in [-0.15, -0.1) is 0 Å². The summed E-state index contributed by atoms with van der Waals surface area (Å²) in [5.41, 5.74) is 0. The molecule has 0 aliphatic carbocycles. The third kappa shape index (κ3) is 14.5. The Labute approximate surface area is 92.5 Å². The first-order valence-electron chi connectivity index (χ1n) is 6.59. The van der Waals surface area contributed by atoms with E-state index < -0.39 is 0 Å². The second kappa shape index (κ2) is 13.0. The van der Waals surface area contributed by atoms with E-state index in [0.29, 0.717) is 0 Å². The van der Waals surface area contributed by atoms with Crippen LogP contribution in [0.15, 0.2) is 0 Å². The van der Waals surface area contributed by atoms with Crippen molar-refractivity contribution < 1.29 is 0 Å². The number of hydrogen-bond acceptors (Lipinski definition) is 0. The first-order valence-corrected chi connectivity index (χ1v) is 6.59. The van der Waals surface area contributed by atoms with Gasteiger partial charge >= 0.3 is 0 Å². The zero-order chi connectivity index (χ0) is 11.4. The summed E-state index contributed by atoms with van der Waals surface area (Å²) < 4.78 is 0. The maximum absolute atomic E-state index is 2.30. The molecular weight excluding hydrogens is 168 g/mol. The van der Waals surface area contributed by atoms with Crippen LogP contribution in [0.1, 0.15) is 80.1 Å². The van der Waals surface area contributed by atoms with Crippen molar-refractivity contribution in [3.63, 3.8) is 0 Å². The Hall–Kier alpha value is 0. The Morgan fingerprint density at radius 3 is 1.29 bits per heavy atom. The topological polar surface area (TPSA) is 0 Å². The molecule has 0 saturated heterocycles. The molecule has 0 aromatic heterocycles. The van der Waals surface area contributed by atoms with Crippen molar-refractivity contribution in [2.24, 2.45) is 11.8 Å². The minimum absolute atomic E-state index is 0.866. The fraction of sp³-hybridized carbons (Fsp3) is 1.00. The molecule has 0 aromatic rings. The van der Waals surface area contributed by atoms with Gasteiger partial charge in [0, 0.05) is 0 Å². The van der Waals surface area contributed by atoms with Crippen LogP contribution in [0.2, 0.25) is 0 Å². The summed E-state index contributed by atoms with van der Waals surface area (Å²) in [6, 6.07) is 0. The third-order valence-electron chi connectivity index (χ3n) is 2.99. The number of hydrogen-bond donors (Lipinski definition) is 0. The molecule has 0 heteroatoms. The van der Waals surface area contributed by atoms with Gasteiger partial charge in [0.15, 0.2) is 0 Å². The minimum Gasteiger partial charge on any atom is -0.0654 e. The number of rotatable bonds is 6. The second-order valence-electron chi connectivity index (χ2n) is 4.69. The lowest BCUT2D eigenvalue weighted by Crippen LogP contribution is -2.00. The zero-order valence-electron chi connectivity index (χ0n) is 11.4. The lowest BCUT2D eigenvalue weighted by molar-refractivity contribution is 0.407. The van der Waals surface area contributed by atoms with Crippen LogP contribution in [0.3, 0.4) is 0 Å². The Balaban J connectivity index is 0. The van der Waals surface area contributed by atoms with Gasteiger partial charge in [-0.05, 0) is 11.8 Å². The van der Waals surface area contributed by atoms with Gasteiger partial charge in [-0.25, -0.2) is 0 Å². The largest absolute Gasteiger partial charge is 0.0654 e. The van der Waals surface area contributed by atoms with Gasteiger partial charge in [-0.3, -0.25) is 0 Å².